The molecule has 28 heavy (non-hydrogen) atoms. The van der Waals surface area contributed by atoms with E-state index in [0.717, 1.165) is 10.4 Å². The van der Waals surface area contributed by atoms with Gasteiger partial charge in [-0.2, -0.15) is 0 Å². The van der Waals surface area contributed by atoms with Crippen molar-refractivity contribution in [2.24, 2.45) is 11.5 Å². The zero-order valence-corrected chi connectivity index (χ0v) is 16.4. The van der Waals surface area contributed by atoms with Gasteiger partial charge in [-0.1, -0.05) is 23.7 Å². The number of amides is 4. The van der Waals surface area contributed by atoms with Crippen molar-refractivity contribution in [3.8, 4) is 10.4 Å². The molecule has 0 aliphatic carbocycles. The number of rotatable bonds is 4. The monoisotopic (exact) mass is 422 g/mol. The SMILES string of the molecule is NC(=O)Nc1cc(-c2ccc(Cl)cc2)sc1C(=O)OC1CCCN(C(N)=O)C1. The van der Waals surface area contributed by atoms with Crippen LogP contribution in [-0.4, -0.2) is 42.1 Å². The molecule has 3 rings (SSSR count). The molecule has 1 saturated heterocycles. The number of nitrogens with two attached hydrogens (primary N) is 2. The van der Waals surface area contributed by atoms with E-state index >= 15 is 0 Å². The number of carbonyl (C=O) groups is 3. The van der Waals surface area contributed by atoms with E-state index in [9.17, 15) is 14.4 Å². The summed E-state index contributed by atoms with van der Waals surface area (Å²) in [5.41, 5.74) is 11.6. The fourth-order valence-corrected chi connectivity index (χ4v) is 4.09. The first-order valence-electron chi connectivity index (χ1n) is 8.55. The first-order chi connectivity index (χ1) is 13.3. The smallest absolute Gasteiger partial charge is 0.350 e. The number of hydrogen-bond acceptors (Lipinski definition) is 5. The number of hydrogen-bond donors (Lipinski definition) is 3. The molecular weight excluding hydrogens is 404 g/mol. The van der Waals surface area contributed by atoms with Gasteiger partial charge in [0, 0.05) is 16.4 Å². The van der Waals surface area contributed by atoms with E-state index < -0.39 is 24.1 Å². The molecule has 4 amide bonds. The van der Waals surface area contributed by atoms with Gasteiger partial charge in [0.15, 0.2) is 0 Å². The minimum atomic E-state index is -0.785. The molecule has 2 aromatic rings. The van der Waals surface area contributed by atoms with Gasteiger partial charge >= 0.3 is 18.0 Å². The summed E-state index contributed by atoms with van der Waals surface area (Å²) in [6.07, 6.45) is 0.855. The fourth-order valence-electron chi connectivity index (χ4n) is 2.96. The number of halogens is 1. The number of piperidine rings is 1. The van der Waals surface area contributed by atoms with Crippen LogP contribution in [0.3, 0.4) is 0 Å². The molecule has 0 spiro atoms. The summed E-state index contributed by atoms with van der Waals surface area (Å²) in [5.74, 6) is -0.592. The van der Waals surface area contributed by atoms with Crippen LogP contribution in [0.15, 0.2) is 30.3 Å². The summed E-state index contributed by atoms with van der Waals surface area (Å²) in [5, 5.41) is 3.05. The van der Waals surface area contributed by atoms with E-state index in [1.165, 1.54) is 16.2 Å². The summed E-state index contributed by atoms with van der Waals surface area (Å²) in [7, 11) is 0. The van der Waals surface area contributed by atoms with Gasteiger partial charge in [0.1, 0.15) is 11.0 Å². The molecule has 1 aromatic carbocycles. The highest BCUT2D eigenvalue weighted by Gasteiger charge is 2.27. The van der Waals surface area contributed by atoms with Crippen molar-refractivity contribution in [1.82, 2.24) is 4.90 Å². The number of esters is 1. The third kappa shape index (κ3) is 4.73. The molecule has 148 valence electrons. The minimum absolute atomic E-state index is 0.222. The average molecular weight is 423 g/mol. The lowest BCUT2D eigenvalue weighted by molar-refractivity contribution is 0.0134. The molecule has 8 nitrogen and oxygen atoms in total. The molecule has 1 aromatic heterocycles. The third-order valence-corrected chi connectivity index (χ3v) is 5.68. The Morgan fingerprint density at radius 1 is 1.21 bits per heavy atom. The zero-order valence-electron chi connectivity index (χ0n) is 14.8. The molecular formula is C18H19ClN4O4S. The maximum Gasteiger partial charge on any atom is 0.350 e. The highest BCUT2D eigenvalue weighted by atomic mass is 35.5. The van der Waals surface area contributed by atoms with E-state index in [-0.39, 0.29) is 17.1 Å². The van der Waals surface area contributed by atoms with Gasteiger partial charge in [-0.15, -0.1) is 11.3 Å². The third-order valence-electron chi connectivity index (χ3n) is 4.27. The van der Waals surface area contributed by atoms with Gasteiger partial charge in [0.2, 0.25) is 0 Å². The lowest BCUT2D eigenvalue weighted by Gasteiger charge is -2.31. The van der Waals surface area contributed by atoms with Crippen LogP contribution >= 0.6 is 22.9 Å². The van der Waals surface area contributed by atoms with E-state index in [1.54, 1.807) is 18.2 Å². The zero-order chi connectivity index (χ0) is 20.3. The van der Waals surface area contributed by atoms with Gasteiger partial charge in [0.25, 0.3) is 0 Å². The van der Waals surface area contributed by atoms with Crippen molar-refractivity contribution in [2.75, 3.05) is 18.4 Å². The molecule has 1 fully saturated rings. The summed E-state index contributed by atoms with van der Waals surface area (Å²) < 4.78 is 5.56. The summed E-state index contributed by atoms with van der Waals surface area (Å²) in [6, 6.07) is 7.41. The Bertz CT molecular complexity index is 899. The van der Waals surface area contributed by atoms with Crippen molar-refractivity contribution in [1.29, 1.82) is 0 Å². The first kappa shape index (κ1) is 20.0. The Morgan fingerprint density at radius 3 is 2.57 bits per heavy atom. The Labute approximate surface area is 170 Å². The lowest BCUT2D eigenvalue weighted by atomic mass is 10.1. The Balaban J connectivity index is 1.82. The number of thiophene rings is 1. The first-order valence-corrected chi connectivity index (χ1v) is 9.74. The van der Waals surface area contributed by atoms with Crippen LogP contribution in [0, 0.1) is 0 Å². The predicted octanol–water partition coefficient (Wildman–Crippen LogP) is 3.26. The van der Waals surface area contributed by atoms with Crippen LogP contribution in [0.1, 0.15) is 22.5 Å². The maximum absolute atomic E-state index is 12.7. The highest BCUT2D eigenvalue weighted by Crippen LogP contribution is 2.36. The Hall–Kier alpha value is -2.78. The van der Waals surface area contributed by atoms with Crippen molar-refractivity contribution in [3.63, 3.8) is 0 Å². The van der Waals surface area contributed by atoms with Gasteiger partial charge < -0.3 is 26.4 Å². The quantitative estimate of drug-likeness (QED) is 0.653. The number of nitrogens with zero attached hydrogens (tertiary/aromatic N) is 1. The standard InChI is InChI=1S/C18H19ClN4O4S/c19-11-5-3-10(4-6-11)14-8-13(22-17(20)25)15(28-14)16(24)27-12-2-1-7-23(9-12)18(21)26/h3-6,8,12H,1-2,7,9H2,(H2,21,26)(H3,20,22,25). The fraction of sp³-hybridized carbons (Fsp3) is 0.278. The number of ether oxygens (including phenoxy) is 1. The summed E-state index contributed by atoms with van der Waals surface area (Å²) >= 11 is 7.09. The van der Waals surface area contributed by atoms with E-state index in [2.05, 4.69) is 5.32 Å². The maximum atomic E-state index is 12.7. The molecule has 0 bridgehead atoms. The summed E-state index contributed by atoms with van der Waals surface area (Å²) in [6.45, 7) is 0.784. The van der Waals surface area contributed by atoms with Crippen LogP contribution in [0.4, 0.5) is 15.3 Å². The van der Waals surface area contributed by atoms with Gasteiger partial charge in [-0.3, -0.25) is 0 Å². The number of likely N-dealkylation sites (tertiary alicyclic amines) is 1. The Morgan fingerprint density at radius 2 is 1.93 bits per heavy atom. The normalized spacial score (nSPS) is 16.5. The van der Waals surface area contributed by atoms with Crippen LogP contribution in [0.2, 0.25) is 5.02 Å². The molecule has 2 heterocycles. The summed E-state index contributed by atoms with van der Waals surface area (Å²) in [4.78, 5) is 37.8. The number of urea groups is 2. The molecule has 5 N–H and O–H groups in total. The number of carbonyl (C=O) groups excluding carboxylic acids is 3. The molecule has 1 aliphatic rings. The second-order valence-corrected chi connectivity index (χ2v) is 7.79. The number of benzene rings is 1. The van der Waals surface area contributed by atoms with Crippen molar-refractivity contribution in [2.45, 2.75) is 18.9 Å². The van der Waals surface area contributed by atoms with Gasteiger partial charge in [-0.05, 0) is 36.6 Å². The second-order valence-electron chi connectivity index (χ2n) is 6.30. The van der Waals surface area contributed by atoms with Crippen molar-refractivity contribution < 1.29 is 19.1 Å². The van der Waals surface area contributed by atoms with Crippen LogP contribution in [0.25, 0.3) is 10.4 Å². The van der Waals surface area contributed by atoms with Crippen LogP contribution in [0.5, 0.6) is 0 Å². The van der Waals surface area contributed by atoms with E-state index in [1.807, 2.05) is 12.1 Å². The predicted molar refractivity (Wildman–Crippen MR) is 108 cm³/mol. The molecule has 0 saturated carbocycles. The molecule has 0 radical (unpaired) electrons. The van der Waals surface area contributed by atoms with Crippen molar-refractivity contribution >= 4 is 46.7 Å². The molecule has 1 unspecified atom stereocenters. The number of anilines is 1. The van der Waals surface area contributed by atoms with Crippen LogP contribution in [-0.2, 0) is 4.74 Å². The van der Waals surface area contributed by atoms with E-state index in [4.69, 9.17) is 27.8 Å². The largest absolute Gasteiger partial charge is 0.456 e. The Kier molecular flexibility index (Phi) is 6.05. The average Bonchev–Trinajstić information content (AvgIpc) is 3.05. The number of nitrogens with one attached hydrogen (secondary N) is 1. The minimum Gasteiger partial charge on any atom is -0.456 e. The molecule has 1 atom stereocenters. The van der Waals surface area contributed by atoms with Gasteiger partial charge in [-0.25, -0.2) is 14.4 Å². The lowest BCUT2D eigenvalue weighted by Crippen LogP contribution is -2.46. The van der Waals surface area contributed by atoms with Crippen LogP contribution < -0.4 is 16.8 Å². The van der Waals surface area contributed by atoms with Crippen molar-refractivity contribution in [3.05, 3.63) is 40.2 Å². The second kappa shape index (κ2) is 8.49. The highest BCUT2D eigenvalue weighted by molar-refractivity contribution is 7.18. The van der Waals surface area contributed by atoms with Gasteiger partial charge in [0.05, 0.1) is 12.2 Å². The van der Waals surface area contributed by atoms with E-state index in [0.29, 0.717) is 24.4 Å². The number of primary amides is 2. The topological polar surface area (TPSA) is 128 Å². The molecule has 1 aliphatic heterocycles. The molecule has 10 heteroatoms.